The van der Waals surface area contributed by atoms with Gasteiger partial charge in [-0.2, -0.15) is 5.10 Å². The van der Waals surface area contributed by atoms with Crippen LogP contribution in [-0.2, 0) is 0 Å². The summed E-state index contributed by atoms with van der Waals surface area (Å²) in [5.74, 6) is -0.0907. The van der Waals surface area contributed by atoms with Crippen molar-refractivity contribution in [3.05, 3.63) is 85.5 Å². The van der Waals surface area contributed by atoms with Gasteiger partial charge in [0.1, 0.15) is 0 Å². The van der Waals surface area contributed by atoms with E-state index in [2.05, 4.69) is 5.10 Å². The van der Waals surface area contributed by atoms with E-state index in [1.54, 1.807) is 24.3 Å². The van der Waals surface area contributed by atoms with Gasteiger partial charge in [-0.05, 0) is 54.2 Å². The molecule has 10 heteroatoms. The van der Waals surface area contributed by atoms with Crippen LogP contribution in [0.25, 0.3) is 6.08 Å². The maximum Gasteiger partial charge on any atom is 0.335 e. The van der Waals surface area contributed by atoms with Crippen molar-refractivity contribution in [2.45, 2.75) is 25.3 Å². The summed E-state index contributed by atoms with van der Waals surface area (Å²) in [4.78, 5) is 33.0. The number of urea groups is 1. The van der Waals surface area contributed by atoms with Gasteiger partial charge in [-0.3, -0.25) is 20.2 Å². The fourth-order valence-electron chi connectivity index (χ4n) is 4.20. The number of benzene rings is 2. The zero-order valence-electron chi connectivity index (χ0n) is 16.4. The summed E-state index contributed by atoms with van der Waals surface area (Å²) in [6.07, 6.45) is 4.35. The molecule has 2 aromatic carbocycles. The number of non-ortho nitro benzene ring substituents is 2. The van der Waals surface area contributed by atoms with E-state index in [0.717, 1.165) is 41.7 Å². The number of rotatable bonds is 4. The minimum Gasteiger partial charge on any atom is -0.350 e. The van der Waals surface area contributed by atoms with E-state index in [1.165, 1.54) is 29.3 Å². The predicted molar refractivity (Wildman–Crippen MR) is 113 cm³/mol. The second kappa shape index (κ2) is 7.98. The number of nitrogens with zero attached hydrogens (tertiary/aromatic N) is 4. The maximum atomic E-state index is 12.1. The first-order valence-corrected chi connectivity index (χ1v) is 9.72. The third kappa shape index (κ3) is 3.87. The Morgan fingerprint density at radius 3 is 2.16 bits per heavy atom. The quantitative estimate of drug-likeness (QED) is 0.581. The lowest BCUT2D eigenvalue weighted by atomic mass is 9.77. The Labute approximate surface area is 177 Å². The monoisotopic (exact) mass is 421 g/mol. The SMILES string of the molecule is NC(=O)N1N=C2/C(=C/c3ccc([N+](=O)[O-])cc3)CCCC2C1c1ccc([N+](=O)[O-])cc1. The Balaban J connectivity index is 1.68. The van der Waals surface area contributed by atoms with Crippen LogP contribution in [0.5, 0.6) is 0 Å². The molecule has 2 N–H and O–H groups in total. The van der Waals surface area contributed by atoms with Crippen LogP contribution in [0.1, 0.15) is 36.4 Å². The number of hydrogen-bond acceptors (Lipinski definition) is 6. The summed E-state index contributed by atoms with van der Waals surface area (Å²) in [6.45, 7) is 0. The second-order valence-corrected chi connectivity index (χ2v) is 7.48. The Hall–Kier alpha value is -4.08. The molecule has 1 aliphatic heterocycles. The minimum absolute atomic E-state index is 0.0139. The van der Waals surface area contributed by atoms with E-state index in [-0.39, 0.29) is 17.3 Å². The van der Waals surface area contributed by atoms with Crippen LogP contribution in [0.2, 0.25) is 0 Å². The van der Waals surface area contributed by atoms with Crippen molar-refractivity contribution in [1.82, 2.24) is 5.01 Å². The van der Waals surface area contributed by atoms with Crippen molar-refractivity contribution >= 4 is 29.2 Å². The Bertz CT molecular complexity index is 1110. The van der Waals surface area contributed by atoms with Gasteiger partial charge < -0.3 is 5.73 Å². The third-order valence-electron chi connectivity index (χ3n) is 5.62. The molecule has 2 aliphatic rings. The van der Waals surface area contributed by atoms with E-state index in [9.17, 15) is 25.0 Å². The van der Waals surface area contributed by atoms with Crippen molar-refractivity contribution in [2.75, 3.05) is 0 Å². The van der Waals surface area contributed by atoms with E-state index in [1.807, 2.05) is 6.08 Å². The van der Waals surface area contributed by atoms with Crippen molar-refractivity contribution in [2.24, 2.45) is 16.8 Å². The standard InChI is InChI=1S/C21H19N5O5/c22-21(27)24-20(14-6-10-17(11-7-14)26(30)31)18-3-1-2-15(19(18)23-24)12-13-4-8-16(9-5-13)25(28)29/h4-12,18,20H,1-3H2,(H2,22,27)/b15-12+. The first kappa shape index (κ1) is 20.2. The van der Waals surface area contributed by atoms with Crippen LogP contribution in [0.15, 0.2) is 59.2 Å². The molecular weight excluding hydrogens is 402 g/mol. The number of nitrogens with two attached hydrogens (primary N) is 1. The molecule has 10 nitrogen and oxygen atoms in total. The van der Waals surface area contributed by atoms with Crippen LogP contribution in [0.3, 0.4) is 0 Å². The molecule has 2 atom stereocenters. The van der Waals surface area contributed by atoms with Crippen LogP contribution < -0.4 is 5.73 Å². The number of carbonyl (C=O) groups is 1. The number of nitro groups is 2. The van der Waals surface area contributed by atoms with Gasteiger partial charge in [-0.25, -0.2) is 9.80 Å². The average molecular weight is 421 g/mol. The molecule has 158 valence electrons. The molecule has 1 saturated carbocycles. The summed E-state index contributed by atoms with van der Waals surface area (Å²) in [5, 5.41) is 27.6. The molecule has 0 saturated heterocycles. The zero-order chi connectivity index (χ0) is 22.1. The van der Waals surface area contributed by atoms with Crippen molar-refractivity contribution < 1.29 is 14.6 Å². The molecule has 2 aromatic rings. The maximum absolute atomic E-state index is 12.1. The van der Waals surface area contributed by atoms with Crippen molar-refractivity contribution in [3.8, 4) is 0 Å². The van der Waals surface area contributed by atoms with Crippen LogP contribution >= 0.6 is 0 Å². The van der Waals surface area contributed by atoms with E-state index < -0.39 is 21.9 Å². The third-order valence-corrected chi connectivity index (χ3v) is 5.62. The highest BCUT2D eigenvalue weighted by atomic mass is 16.6. The number of amides is 2. The van der Waals surface area contributed by atoms with Gasteiger partial charge in [0.2, 0.25) is 0 Å². The van der Waals surface area contributed by atoms with E-state index >= 15 is 0 Å². The highest BCUT2D eigenvalue weighted by Crippen LogP contribution is 2.44. The Morgan fingerprint density at radius 2 is 1.61 bits per heavy atom. The molecule has 0 radical (unpaired) electrons. The van der Waals surface area contributed by atoms with Gasteiger partial charge >= 0.3 is 6.03 Å². The number of fused-ring (bicyclic) bond motifs is 1. The van der Waals surface area contributed by atoms with Gasteiger partial charge in [0.15, 0.2) is 0 Å². The summed E-state index contributed by atoms with van der Waals surface area (Å²) in [5.41, 5.74) is 8.80. The highest BCUT2D eigenvalue weighted by Gasteiger charge is 2.43. The first-order chi connectivity index (χ1) is 14.8. The summed E-state index contributed by atoms with van der Waals surface area (Å²) < 4.78 is 0. The number of hydrazone groups is 1. The fourth-order valence-corrected chi connectivity index (χ4v) is 4.20. The molecule has 0 spiro atoms. The number of nitro benzene ring substituents is 2. The van der Waals surface area contributed by atoms with Gasteiger partial charge in [0, 0.05) is 30.2 Å². The molecule has 2 unspecified atom stereocenters. The summed E-state index contributed by atoms with van der Waals surface area (Å²) >= 11 is 0. The largest absolute Gasteiger partial charge is 0.350 e. The number of allylic oxidation sites excluding steroid dienone is 1. The van der Waals surface area contributed by atoms with Gasteiger partial charge in [-0.1, -0.05) is 12.1 Å². The molecule has 2 amide bonds. The molecule has 1 fully saturated rings. The van der Waals surface area contributed by atoms with Crippen molar-refractivity contribution in [1.29, 1.82) is 0 Å². The summed E-state index contributed by atoms with van der Waals surface area (Å²) in [6, 6.07) is 11.2. The normalized spacial score (nSPS) is 21.5. The van der Waals surface area contributed by atoms with Crippen LogP contribution in [0.4, 0.5) is 16.2 Å². The number of primary amides is 1. The molecule has 1 aliphatic carbocycles. The highest BCUT2D eigenvalue weighted by molar-refractivity contribution is 6.08. The lowest BCUT2D eigenvalue weighted by Crippen LogP contribution is -2.35. The van der Waals surface area contributed by atoms with Gasteiger partial charge in [0.05, 0.1) is 21.6 Å². The molecule has 0 aromatic heterocycles. The van der Waals surface area contributed by atoms with Crippen LogP contribution in [-0.4, -0.2) is 26.6 Å². The number of hydrogen-bond donors (Lipinski definition) is 1. The summed E-state index contributed by atoms with van der Waals surface area (Å²) in [7, 11) is 0. The van der Waals surface area contributed by atoms with Gasteiger partial charge in [-0.15, -0.1) is 0 Å². The lowest BCUT2D eigenvalue weighted by Gasteiger charge is -2.28. The minimum atomic E-state index is -0.695. The average Bonchev–Trinajstić information content (AvgIpc) is 3.15. The molecule has 1 heterocycles. The predicted octanol–water partition coefficient (Wildman–Crippen LogP) is 4.18. The number of carbonyl (C=O) groups excluding carboxylic acids is 1. The molecular formula is C21H19N5O5. The van der Waals surface area contributed by atoms with Gasteiger partial charge in [0.25, 0.3) is 11.4 Å². The topological polar surface area (TPSA) is 145 Å². The molecule has 31 heavy (non-hydrogen) atoms. The fraction of sp³-hybridized carbons (Fsp3) is 0.238. The lowest BCUT2D eigenvalue weighted by molar-refractivity contribution is -0.385. The Kier molecular flexibility index (Phi) is 5.20. The van der Waals surface area contributed by atoms with Crippen molar-refractivity contribution in [3.63, 3.8) is 0 Å². The zero-order valence-corrected chi connectivity index (χ0v) is 16.4. The van der Waals surface area contributed by atoms with E-state index in [0.29, 0.717) is 0 Å². The van der Waals surface area contributed by atoms with Crippen LogP contribution in [0, 0.1) is 26.1 Å². The smallest absolute Gasteiger partial charge is 0.335 e. The van der Waals surface area contributed by atoms with E-state index in [4.69, 9.17) is 5.73 Å². The molecule has 0 bridgehead atoms. The second-order valence-electron chi connectivity index (χ2n) is 7.48. The Morgan fingerprint density at radius 1 is 1.03 bits per heavy atom. The first-order valence-electron chi connectivity index (χ1n) is 9.72. The molecule has 4 rings (SSSR count).